The fourth-order valence-corrected chi connectivity index (χ4v) is 3.04. The first-order chi connectivity index (χ1) is 11.7. The lowest BCUT2D eigenvalue weighted by Gasteiger charge is -2.34. The maximum absolute atomic E-state index is 13.2. The van der Waals surface area contributed by atoms with Gasteiger partial charge in [0.15, 0.2) is 0 Å². The third-order valence-electron chi connectivity index (χ3n) is 4.05. The first-order valence-electron chi connectivity index (χ1n) is 7.61. The van der Waals surface area contributed by atoms with Crippen molar-refractivity contribution >= 4 is 17.5 Å². The van der Waals surface area contributed by atoms with Crippen molar-refractivity contribution in [3.8, 4) is 11.4 Å². The summed E-state index contributed by atoms with van der Waals surface area (Å²) in [5, 5.41) is 0.417. The molecule has 0 bridgehead atoms. The third kappa shape index (κ3) is 3.12. The van der Waals surface area contributed by atoms with Gasteiger partial charge < -0.3 is 18.9 Å². The molecule has 2 heterocycles. The van der Waals surface area contributed by atoms with E-state index in [1.54, 1.807) is 12.1 Å². The first-order valence-corrected chi connectivity index (χ1v) is 7.99. The number of rotatable bonds is 4. The van der Waals surface area contributed by atoms with Crippen molar-refractivity contribution in [2.75, 3.05) is 33.5 Å². The van der Waals surface area contributed by atoms with Gasteiger partial charge in [-0.25, -0.2) is 4.39 Å². The van der Waals surface area contributed by atoms with Crippen molar-refractivity contribution in [3.05, 3.63) is 47.2 Å². The zero-order valence-electron chi connectivity index (χ0n) is 13.2. The lowest BCUT2D eigenvalue weighted by Crippen LogP contribution is -2.49. The topological polar surface area (TPSA) is 43.7 Å². The number of hydrogen-bond acceptors (Lipinski definition) is 3. The average Bonchev–Trinajstić information content (AvgIpc) is 3.15. The van der Waals surface area contributed by atoms with Gasteiger partial charge in [0.1, 0.15) is 12.4 Å². The van der Waals surface area contributed by atoms with E-state index in [0.29, 0.717) is 35.2 Å². The maximum Gasteiger partial charge on any atom is 0.258 e. The Kier molecular flexibility index (Phi) is 5.06. The molecular weight excluding hydrogens is 335 g/mol. The van der Waals surface area contributed by atoms with Crippen LogP contribution in [0.2, 0.25) is 5.02 Å². The van der Waals surface area contributed by atoms with Crippen LogP contribution in [0, 0.1) is 0 Å². The normalized spacial score (nSPS) is 17.8. The van der Waals surface area contributed by atoms with Gasteiger partial charge in [0.2, 0.25) is 0 Å². The van der Waals surface area contributed by atoms with Gasteiger partial charge in [0.05, 0.1) is 42.6 Å². The molecule has 1 saturated heterocycles. The molecule has 0 N–H and O–H groups in total. The number of methoxy groups -OCH3 is 1. The van der Waals surface area contributed by atoms with E-state index >= 15 is 0 Å². The Balaban J connectivity index is 1.98. The Bertz CT molecular complexity index is 721. The van der Waals surface area contributed by atoms with Gasteiger partial charge in [0.25, 0.3) is 5.91 Å². The highest BCUT2D eigenvalue weighted by Gasteiger charge is 2.30. The highest BCUT2D eigenvalue weighted by molar-refractivity contribution is 6.33. The Morgan fingerprint density at radius 2 is 2.17 bits per heavy atom. The van der Waals surface area contributed by atoms with Gasteiger partial charge in [-0.1, -0.05) is 11.6 Å². The predicted molar refractivity (Wildman–Crippen MR) is 88.9 cm³/mol. The molecular formula is C17H18ClFN2O3. The molecule has 1 amide bonds. The summed E-state index contributed by atoms with van der Waals surface area (Å²) in [6.07, 6.45) is 3.70. The average molecular weight is 353 g/mol. The van der Waals surface area contributed by atoms with Crippen LogP contribution >= 0.6 is 11.6 Å². The number of carbonyl (C=O) groups excluding carboxylic acids is 1. The van der Waals surface area contributed by atoms with Crippen LogP contribution in [0.25, 0.3) is 5.69 Å². The van der Waals surface area contributed by atoms with Crippen LogP contribution in [0.3, 0.4) is 0 Å². The molecule has 1 aromatic carbocycles. The maximum atomic E-state index is 13.2. The minimum absolute atomic E-state index is 0.194. The van der Waals surface area contributed by atoms with E-state index in [2.05, 4.69) is 0 Å². The Morgan fingerprint density at radius 1 is 1.42 bits per heavy atom. The molecule has 0 saturated carbocycles. The van der Waals surface area contributed by atoms with E-state index in [9.17, 15) is 9.18 Å². The zero-order chi connectivity index (χ0) is 17.1. The number of carbonyl (C=O) groups is 1. The number of aromatic nitrogens is 1. The summed E-state index contributed by atoms with van der Waals surface area (Å²) in [6.45, 7) is 0.274. The van der Waals surface area contributed by atoms with E-state index in [0.717, 1.165) is 0 Å². The van der Waals surface area contributed by atoms with Gasteiger partial charge in [0, 0.05) is 25.0 Å². The number of alkyl halides is 1. The quantitative estimate of drug-likeness (QED) is 0.849. The molecule has 24 heavy (non-hydrogen) atoms. The van der Waals surface area contributed by atoms with Gasteiger partial charge >= 0.3 is 0 Å². The largest absolute Gasteiger partial charge is 0.496 e. The molecule has 5 nitrogen and oxygen atoms in total. The number of benzene rings is 1. The first kappa shape index (κ1) is 16.8. The summed E-state index contributed by atoms with van der Waals surface area (Å²) >= 11 is 6.36. The predicted octanol–water partition coefficient (Wildman–Crippen LogP) is 2.95. The van der Waals surface area contributed by atoms with Crippen LogP contribution in [0.5, 0.6) is 5.75 Å². The van der Waals surface area contributed by atoms with Crippen molar-refractivity contribution in [1.29, 1.82) is 0 Å². The Morgan fingerprint density at radius 3 is 2.83 bits per heavy atom. The standard InChI is InChI=1S/C17H18ClFN2O3/c1-23-16-9-15(20-4-2-3-5-20)14(18)8-13(16)17(22)21-6-7-24-11-12(21)10-19/h2-5,8-9,12H,6-7,10-11H2,1H3. The van der Waals surface area contributed by atoms with Crippen LogP contribution < -0.4 is 4.74 Å². The minimum atomic E-state index is -0.650. The summed E-state index contributed by atoms with van der Waals surface area (Å²) in [4.78, 5) is 14.3. The van der Waals surface area contributed by atoms with Crippen LogP contribution in [-0.2, 0) is 4.74 Å². The second-order valence-electron chi connectivity index (χ2n) is 5.48. The summed E-state index contributed by atoms with van der Waals surface area (Å²) in [7, 11) is 1.49. The molecule has 0 radical (unpaired) electrons. The summed E-state index contributed by atoms with van der Waals surface area (Å²) in [5.74, 6) is 0.0935. The highest BCUT2D eigenvalue weighted by Crippen LogP contribution is 2.31. The Hall–Kier alpha value is -2.05. The molecule has 2 aromatic rings. The minimum Gasteiger partial charge on any atom is -0.496 e. The molecule has 1 aromatic heterocycles. The van der Waals surface area contributed by atoms with Crippen molar-refractivity contribution < 1.29 is 18.7 Å². The summed E-state index contributed by atoms with van der Waals surface area (Å²) < 4.78 is 25.6. The van der Waals surface area contributed by atoms with Crippen LogP contribution in [0.4, 0.5) is 4.39 Å². The molecule has 128 valence electrons. The number of halogens is 2. The van der Waals surface area contributed by atoms with Crippen molar-refractivity contribution in [1.82, 2.24) is 9.47 Å². The van der Waals surface area contributed by atoms with Crippen molar-refractivity contribution in [2.45, 2.75) is 6.04 Å². The highest BCUT2D eigenvalue weighted by atomic mass is 35.5. The molecule has 1 unspecified atom stereocenters. The molecule has 0 aliphatic carbocycles. The lowest BCUT2D eigenvalue weighted by atomic mass is 10.1. The van der Waals surface area contributed by atoms with E-state index in [1.165, 1.54) is 12.0 Å². The second-order valence-corrected chi connectivity index (χ2v) is 5.88. The van der Waals surface area contributed by atoms with E-state index in [1.807, 2.05) is 29.1 Å². The van der Waals surface area contributed by atoms with E-state index < -0.39 is 12.7 Å². The van der Waals surface area contributed by atoms with Crippen LogP contribution in [0.1, 0.15) is 10.4 Å². The number of morpholine rings is 1. The SMILES string of the molecule is COc1cc(-n2cccc2)c(Cl)cc1C(=O)N1CCOCC1CF. The van der Waals surface area contributed by atoms with Crippen molar-refractivity contribution in [3.63, 3.8) is 0 Å². The molecule has 0 spiro atoms. The van der Waals surface area contributed by atoms with Crippen LogP contribution in [-0.4, -0.2) is 55.0 Å². The monoisotopic (exact) mass is 352 g/mol. The Labute approximate surface area is 144 Å². The summed E-state index contributed by atoms with van der Waals surface area (Å²) in [6, 6.07) is 6.45. The number of hydrogen-bond donors (Lipinski definition) is 0. The molecule has 1 aliphatic rings. The smallest absolute Gasteiger partial charge is 0.258 e. The fourth-order valence-electron chi connectivity index (χ4n) is 2.78. The summed E-state index contributed by atoms with van der Waals surface area (Å²) in [5.41, 5.74) is 1.03. The van der Waals surface area contributed by atoms with E-state index in [-0.39, 0.29) is 12.5 Å². The molecule has 1 atom stereocenters. The molecule has 3 rings (SSSR count). The van der Waals surface area contributed by atoms with Crippen LogP contribution in [0.15, 0.2) is 36.7 Å². The second kappa shape index (κ2) is 7.23. The molecule has 1 aliphatic heterocycles. The van der Waals surface area contributed by atoms with Gasteiger partial charge in [-0.2, -0.15) is 0 Å². The number of amides is 1. The third-order valence-corrected chi connectivity index (χ3v) is 4.35. The fraction of sp³-hybridized carbons (Fsp3) is 0.353. The van der Waals surface area contributed by atoms with E-state index in [4.69, 9.17) is 21.1 Å². The lowest BCUT2D eigenvalue weighted by molar-refractivity contribution is -0.00866. The van der Waals surface area contributed by atoms with Gasteiger partial charge in [-0.15, -0.1) is 0 Å². The number of nitrogens with zero attached hydrogens (tertiary/aromatic N) is 2. The van der Waals surface area contributed by atoms with Gasteiger partial charge in [-0.3, -0.25) is 4.79 Å². The molecule has 1 fully saturated rings. The number of ether oxygens (including phenoxy) is 2. The van der Waals surface area contributed by atoms with Gasteiger partial charge in [-0.05, 0) is 18.2 Å². The molecule has 7 heteroatoms. The van der Waals surface area contributed by atoms with Crippen molar-refractivity contribution in [2.24, 2.45) is 0 Å². The zero-order valence-corrected chi connectivity index (χ0v) is 14.0.